The van der Waals surface area contributed by atoms with Crippen LogP contribution in [0.25, 0.3) is 28.4 Å². The highest BCUT2D eigenvalue weighted by atomic mass is 19.1. The Morgan fingerprint density at radius 1 is 0.929 bits per heavy atom. The first kappa shape index (κ1) is 15.8. The number of halogens is 1. The third kappa shape index (κ3) is 2.04. The zero-order chi connectivity index (χ0) is 18.7. The summed E-state index contributed by atoms with van der Waals surface area (Å²) in [5.74, 6) is 0.598. The number of pyridine rings is 1. The summed E-state index contributed by atoms with van der Waals surface area (Å²) in [6, 6.07) is 21.8. The van der Waals surface area contributed by atoms with Gasteiger partial charge in [-0.3, -0.25) is 4.57 Å². The zero-order valence-electron chi connectivity index (χ0n) is 15.4. The number of aromatic nitrogens is 2. The number of hydrogen-bond acceptors (Lipinski definition) is 1. The number of hydrogen-bond donors (Lipinski definition) is 0. The summed E-state index contributed by atoms with van der Waals surface area (Å²) in [6.07, 6.45) is 7.69. The van der Waals surface area contributed by atoms with Crippen molar-refractivity contribution in [2.75, 3.05) is 0 Å². The summed E-state index contributed by atoms with van der Waals surface area (Å²) in [5.41, 5.74) is 6.13. The molecular weight excluding hydrogens is 347 g/mol. The van der Waals surface area contributed by atoms with Crippen LogP contribution in [0, 0.1) is 5.82 Å². The van der Waals surface area contributed by atoms with Crippen LogP contribution in [0.4, 0.5) is 4.39 Å². The summed E-state index contributed by atoms with van der Waals surface area (Å²) < 4.78 is 16.2. The van der Waals surface area contributed by atoms with Gasteiger partial charge < -0.3 is 0 Å². The van der Waals surface area contributed by atoms with Crippen LogP contribution in [0.15, 0.2) is 72.9 Å². The van der Waals surface area contributed by atoms with Gasteiger partial charge in [-0.1, -0.05) is 36.8 Å². The van der Waals surface area contributed by atoms with E-state index in [9.17, 15) is 4.39 Å². The van der Waals surface area contributed by atoms with E-state index in [-0.39, 0.29) is 11.2 Å². The summed E-state index contributed by atoms with van der Waals surface area (Å²) in [6.45, 7) is 0. The SMILES string of the molecule is Fc1ccc2cc(C3=Cc4ccccc4C34CCC4)n(-c3ccccn3)c2c1. The largest absolute Gasteiger partial charge is 0.294 e. The molecule has 3 heteroatoms. The fourth-order valence-electron chi connectivity index (χ4n) is 4.99. The van der Waals surface area contributed by atoms with Crippen molar-refractivity contribution in [1.82, 2.24) is 9.55 Å². The molecule has 2 aliphatic carbocycles. The molecule has 0 N–H and O–H groups in total. The van der Waals surface area contributed by atoms with Crippen LogP contribution in [0.2, 0.25) is 0 Å². The number of fused-ring (bicyclic) bond motifs is 3. The van der Waals surface area contributed by atoms with Crippen LogP contribution in [0.5, 0.6) is 0 Å². The van der Waals surface area contributed by atoms with Gasteiger partial charge in [-0.05, 0) is 72.0 Å². The van der Waals surface area contributed by atoms with Gasteiger partial charge in [-0.2, -0.15) is 0 Å². The minimum atomic E-state index is -0.226. The van der Waals surface area contributed by atoms with E-state index in [4.69, 9.17) is 0 Å². The maximum absolute atomic E-state index is 14.1. The van der Waals surface area contributed by atoms with E-state index < -0.39 is 0 Å². The molecule has 2 heterocycles. The molecular formula is C25H19FN2. The maximum Gasteiger partial charge on any atom is 0.137 e. The molecule has 0 saturated heterocycles. The lowest BCUT2D eigenvalue weighted by Crippen LogP contribution is -2.34. The molecule has 0 radical (unpaired) electrons. The third-order valence-corrected chi connectivity index (χ3v) is 6.42. The van der Waals surface area contributed by atoms with Gasteiger partial charge in [-0.15, -0.1) is 0 Å². The molecule has 0 bridgehead atoms. The van der Waals surface area contributed by atoms with E-state index >= 15 is 0 Å². The molecule has 28 heavy (non-hydrogen) atoms. The first-order valence-electron chi connectivity index (χ1n) is 9.81. The van der Waals surface area contributed by atoms with Gasteiger partial charge in [0.1, 0.15) is 11.6 Å². The molecule has 1 spiro atoms. The fourth-order valence-corrected chi connectivity index (χ4v) is 4.99. The van der Waals surface area contributed by atoms with E-state index in [2.05, 4.69) is 46.0 Å². The quantitative estimate of drug-likeness (QED) is 0.417. The Balaban J connectivity index is 1.66. The lowest BCUT2D eigenvalue weighted by molar-refractivity contribution is 0.331. The molecule has 1 fully saturated rings. The molecule has 0 aliphatic heterocycles. The van der Waals surface area contributed by atoms with Crippen molar-refractivity contribution in [3.8, 4) is 5.82 Å². The van der Waals surface area contributed by atoms with Crippen LogP contribution < -0.4 is 0 Å². The van der Waals surface area contributed by atoms with Crippen molar-refractivity contribution in [2.24, 2.45) is 0 Å². The van der Waals surface area contributed by atoms with Gasteiger partial charge in [0.2, 0.25) is 0 Å². The van der Waals surface area contributed by atoms with Gasteiger partial charge in [-0.25, -0.2) is 9.37 Å². The van der Waals surface area contributed by atoms with E-state index in [1.54, 1.807) is 12.3 Å². The average molecular weight is 366 g/mol. The predicted octanol–water partition coefficient (Wildman–Crippen LogP) is 6.14. The Hall–Kier alpha value is -3.20. The molecule has 6 rings (SSSR count). The second-order valence-electron chi connectivity index (χ2n) is 7.84. The van der Waals surface area contributed by atoms with E-state index in [0.717, 1.165) is 35.3 Å². The lowest BCUT2D eigenvalue weighted by atomic mass is 9.61. The minimum Gasteiger partial charge on any atom is -0.294 e. The van der Waals surface area contributed by atoms with Gasteiger partial charge in [0.05, 0.1) is 11.2 Å². The summed E-state index contributed by atoms with van der Waals surface area (Å²) in [5, 5.41) is 1.04. The molecule has 1 saturated carbocycles. The monoisotopic (exact) mass is 366 g/mol. The summed E-state index contributed by atoms with van der Waals surface area (Å²) >= 11 is 0. The summed E-state index contributed by atoms with van der Waals surface area (Å²) in [7, 11) is 0. The van der Waals surface area contributed by atoms with E-state index in [0.29, 0.717) is 0 Å². The van der Waals surface area contributed by atoms with E-state index in [1.807, 2.05) is 24.3 Å². The van der Waals surface area contributed by atoms with Gasteiger partial charge in [0.25, 0.3) is 0 Å². The van der Waals surface area contributed by atoms with Crippen LogP contribution in [0.3, 0.4) is 0 Å². The molecule has 2 aromatic carbocycles. The van der Waals surface area contributed by atoms with Gasteiger partial charge in [0, 0.05) is 17.0 Å². The van der Waals surface area contributed by atoms with Crippen molar-refractivity contribution in [3.63, 3.8) is 0 Å². The predicted molar refractivity (Wildman–Crippen MR) is 111 cm³/mol. The highest BCUT2D eigenvalue weighted by Gasteiger charge is 2.47. The first-order valence-corrected chi connectivity index (χ1v) is 9.81. The Morgan fingerprint density at radius 2 is 1.79 bits per heavy atom. The lowest BCUT2D eigenvalue weighted by Gasteiger charge is -2.42. The van der Waals surface area contributed by atoms with Crippen molar-refractivity contribution in [2.45, 2.75) is 24.7 Å². The normalized spacial score (nSPS) is 16.8. The molecule has 0 amide bonds. The molecule has 0 atom stereocenters. The molecule has 136 valence electrons. The highest BCUT2D eigenvalue weighted by molar-refractivity contribution is 5.98. The topological polar surface area (TPSA) is 17.8 Å². The molecule has 2 nitrogen and oxygen atoms in total. The van der Waals surface area contributed by atoms with Crippen LogP contribution >= 0.6 is 0 Å². The Morgan fingerprint density at radius 3 is 2.57 bits per heavy atom. The number of allylic oxidation sites excluding steroid dienone is 1. The first-order chi connectivity index (χ1) is 13.8. The standard InChI is InChI=1S/C25H19FN2/c26-19-10-9-18-15-23(28(22(18)16-19)24-8-3-4-13-27-24)21-14-17-6-1-2-7-20(17)25(21)11-5-12-25/h1-4,6-10,13-16H,5,11-12H2. The zero-order valence-corrected chi connectivity index (χ0v) is 15.4. The maximum atomic E-state index is 14.1. The number of benzene rings is 2. The molecule has 2 aliphatic rings. The molecule has 2 aromatic heterocycles. The Kier molecular flexibility index (Phi) is 3.19. The van der Waals surface area contributed by atoms with Crippen molar-refractivity contribution in [3.05, 3.63) is 95.6 Å². The second kappa shape index (κ2) is 5.65. The smallest absolute Gasteiger partial charge is 0.137 e. The Bertz CT molecular complexity index is 1250. The average Bonchev–Trinajstić information content (AvgIpc) is 3.23. The fraction of sp³-hybridized carbons (Fsp3) is 0.160. The van der Waals surface area contributed by atoms with Gasteiger partial charge in [0.15, 0.2) is 0 Å². The Labute approximate surface area is 163 Å². The molecule has 0 unspecified atom stereocenters. The van der Waals surface area contributed by atoms with Crippen LogP contribution in [-0.2, 0) is 5.41 Å². The van der Waals surface area contributed by atoms with E-state index in [1.165, 1.54) is 29.2 Å². The second-order valence-corrected chi connectivity index (χ2v) is 7.84. The van der Waals surface area contributed by atoms with Crippen molar-refractivity contribution >= 4 is 22.6 Å². The van der Waals surface area contributed by atoms with Crippen LogP contribution in [0.1, 0.15) is 36.1 Å². The van der Waals surface area contributed by atoms with Crippen molar-refractivity contribution in [1.29, 1.82) is 0 Å². The number of rotatable bonds is 2. The van der Waals surface area contributed by atoms with Crippen LogP contribution in [-0.4, -0.2) is 9.55 Å². The van der Waals surface area contributed by atoms with Crippen molar-refractivity contribution < 1.29 is 4.39 Å². The molecule has 4 aromatic rings. The van der Waals surface area contributed by atoms with Gasteiger partial charge >= 0.3 is 0 Å². The highest BCUT2D eigenvalue weighted by Crippen LogP contribution is 2.58. The summed E-state index contributed by atoms with van der Waals surface area (Å²) in [4.78, 5) is 4.59. The minimum absolute atomic E-state index is 0.0794. The third-order valence-electron chi connectivity index (χ3n) is 6.42. The number of nitrogens with zero attached hydrogens (tertiary/aromatic N) is 2.